The van der Waals surface area contributed by atoms with Gasteiger partial charge in [-0.1, -0.05) is 34.1 Å². The van der Waals surface area contributed by atoms with Crippen molar-refractivity contribution in [1.82, 2.24) is 0 Å². The lowest BCUT2D eigenvalue weighted by Crippen LogP contribution is -2.27. The second-order valence-electron chi connectivity index (χ2n) is 5.40. The first-order valence-corrected chi connectivity index (χ1v) is 9.42. The normalized spacial score (nSPS) is 15.3. The van der Waals surface area contributed by atoms with E-state index in [0.29, 0.717) is 17.0 Å². The number of thioether (sulfide) groups is 1. The smallest absolute Gasteiger partial charge is 0.343 e. The van der Waals surface area contributed by atoms with Gasteiger partial charge in [0.25, 0.3) is 11.1 Å². The van der Waals surface area contributed by atoms with Crippen LogP contribution in [0.4, 0.5) is 10.5 Å². The standard InChI is InChI=1S/C19H14BrNO5S/c1-25-17(22)11-26-15-8-7-13(20)9-12(15)10-16-18(23)21(19(24)27-16)14-5-3-2-4-6-14/h2-10H,11H2,1H3. The van der Waals surface area contributed by atoms with E-state index in [-0.39, 0.29) is 16.8 Å². The van der Waals surface area contributed by atoms with Crippen molar-refractivity contribution in [1.29, 1.82) is 0 Å². The Morgan fingerprint density at radius 1 is 1.19 bits per heavy atom. The highest BCUT2D eigenvalue weighted by molar-refractivity contribution is 9.10. The first-order chi connectivity index (χ1) is 13.0. The quantitative estimate of drug-likeness (QED) is 0.503. The first-order valence-electron chi connectivity index (χ1n) is 7.82. The summed E-state index contributed by atoms with van der Waals surface area (Å²) in [5, 5.41) is -0.371. The zero-order valence-electron chi connectivity index (χ0n) is 14.2. The van der Waals surface area contributed by atoms with E-state index in [1.807, 2.05) is 6.07 Å². The zero-order chi connectivity index (χ0) is 19.4. The van der Waals surface area contributed by atoms with Gasteiger partial charge in [0, 0.05) is 10.0 Å². The van der Waals surface area contributed by atoms with Gasteiger partial charge in [-0.25, -0.2) is 9.69 Å². The molecule has 0 spiro atoms. The van der Waals surface area contributed by atoms with Crippen molar-refractivity contribution in [2.75, 3.05) is 18.6 Å². The predicted molar refractivity (Wildman–Crippen MR) is 107 cm³/mol. The van der Waals surface area contributed by atoms with Crippen LogP contribution in [0.1, 0.15) is 5.56 Å². The van der Waals surface area contributed by atoms with Gasteiger partial charge in [-0.2, -0.15) is 0 Å². The van der Waals surface area contributed by atoms with E-state index in [2.05, 4.69) is 20.7 Å². The maximum Gasteiger partial charge on any atom is 0.343 e. The highest BCUT2D eigenvalue weighted by Crippen LogP contribution is 2.37. The van der Waals surface area contributed by atoms with E-state index >= 15 is 0 Å². The molecule has 8 heteroatoms. The number of rotatable bonds is 5. The summed E-state index contributed by atoms with van der Waals surface area (Å²) in [5.74, 6) is -0.529. The number of hydrogen-bond acceptors (Lipinski definition) is 6. The molecule has 6 nitrogen and oxygen atoms in total. The van der Waals surface area contributed by atoms with Gasteiger partial charge in [-0.15, -0.1) is 0 Å². The van der Waals surface area contributed by atoms with Crippen LogP contribution in [-0.4, -0.2) is 30.8 Å². The molecule has 1 fully saturated rings. The van der Waals surface area contributed by atoms with Crippen molar-refractivity contribution < 1.29 is 23.9 Å². The number of anilines is 1. The summed E-state index contributed by atoms with van der Waals surface area (Å²) in [6.07, 6.45) is 1.57. The number of halogens is 1. The number of esters is 1. The van der Waals surface area contributed by atoms with Gasteiger partial charge in [0.15, 0.2) is 6.61 Å². The van der Waals surface area contributed by atoms with Crippen LogP contribution >= 0.6 is 27.7 Å². The Balaban J connectivity index is 1.90. The Kier molecular flexibility index (Phi) is 5.98. The summed E-state index contributed by atoms with van der Waals surface area (Å²) in [5.41, 5.74) is 1.08. The number of nitrogens with zero attached hydrogens (tertiary/aromatic N) is 1. The molecule has 3 rings (SSSR count). The summed E-state index contributed by atoms with van der Waals surface area (Å²) < 4.78 is 10.8. The number of para-hydroxylation sites is 1. The second kappa shape index (κ2) is 8.41. The molecule has 0 N–H and O–H groups in total. The Hall–Kier alpha value is -2.58. The van der Waals surface area contributed by atoms with Crippen LogP contribution in [-0.2, 0) is 14.3 Å². The van der Waals surface area contributed by atoms with E-state index in [1.54, 1.807) is 48.5 Å². The third kappa shape index (κ3) is 4.40. The molecule has 0 atom stereocenters. The van der Waals surface area contributed by atoms with Crippen LogP contribution in [0.15, 0.2) is 57.9 Å². The number of ether oxygens (including phenoxy) is 2. The van der Waals surface area contributed by atoms with E-state index in [9.17, 15) is 14.4 Å². The number of carbonyl (C=O) groups is 3. The summed E-state index contributed by atoms with van der Waals surface area (Å²) in [6.45, 7) is -0.259. The van der Waals surface area contributed by atoms with E-state index in [1.165, 1.54) is 7.11 Å². The highest BCUT2D eigenvalue weighted by Gasteiger charge is 2.36. The van der Waals surface area contributed by atoms with Crippen molar-refractivity contribution in [3.8, 4) is 5.75 Å². The molecule has 0 saturated carbocycles. The molecule has 1 aliphatic heterocycles. The summed E-state index contributed by atoms with van der Waals surface area (Å²) in [6, 6.07) is 13.9. The highest BCUT2D eigenvalue weighted by atomic mass is 79.9. The number of hydrogen-bond donors (Lipinski definition) is 0. The van der Waals surface area contributed by atoms with Gasteiger partial charge in [-0.3, -0.25) is 9.59 Å². The molecule has 2 amide bonds. The van der Waals surface area contributed by atoms with Gasteiger partial charge in [0.05, 0.1) is 17.7 Å². The van der Waals surface area contributed by atoms with Crippen molar-refractivity contribution >= 4 is 56.6 Å². The van der Waals surface area contributed by atoms with Crippen molar-refractivity contribution in [2.24, 2.45) is 0 Å². The predicted octanol–water partition coefficient (Wildman–Crippen LogP) is 4.24. The lowest BCUT2D eigenvalue weighted by molar-refractivity contribution is -0.142. The molecule has 0 aliphatic carbocycles. The molecule has 2 aromatic carbocycles. The third-order valence-electron chi connectivity index (χ3n) is 3.64. The molecular weight excluding hydrogens is 434 g/mol. The van der Waals surface area contributed by atoms with E-state index in [0.717, 1.165) is 21.1 Å². The molecular formula is C19H14BrNO5S. The van der Waals surface area contributed by atoms with Crippen molar-refractivity contribution in [3.05, 3.63) is 63.5 Å². The SMILES string of the molecule is COC(=O)COc1ccc(Br)cc1C=C1SC(=O)N(c2ccccc2)C1=O. The molecule has 0 bridgehead atoms. The second-order valence-corrected chi connectivity index (χ2v) is 7.31. The number of imide groups is 1. The number of carbonyl (C=O) groups excluding carboxylic acids is 3. The van der Waals surface area contributed by atoms with Gasteiger partial charge in [0.1, 0.15) is 5.75 Å². The third-order valence-corrected chi connectivity index (χ3v) is 5.00. The molecule has 2 aromatic rings. The van der Waals surface area contributed by atoms with Crippen molar-refractivity contribution in [3.63, 3.8) is 0 Å². The molecule has 0 radical (unpaired) electrons. The Morgan fingerprint density at radius 3 is 2.63 bits per heavy atom. The minimum Gasteiger partial charge on any atom is -0.481 e. The fourth-order valence-corrected chi connectivity index (χ4v) is 3.58. The molecule has 1 aliphatic rings. The van der Waals surface area contributed by atoms with Crippen LogP contribution in [0.2, 0.25) is 0 Å². The fourth-order valence-electron chi connectivity index (χ4n) is 2.37. The number of benzene rings is 2. The monoisotopic (exact) mass is 447 g/mol. The van der Waals surface area contributed by atoms with Crippen LogP contribution in [0, 0.1) is 0 Å². The molecule has 1 saturated heterocycles. The molecule has 0 aromatic heterocycles. The average Bonchev–Trinajstić information content (AvgIpc) is 2.94. The van der Waals surface area contributed by atoms with Crippen molar-refractivity contribution in [2.45, 2.75) is 0 Å². The lowest BCUT2D eigenvalue weighted by Gasteiger charge is -2.12. The number of amides is 2. The zero-order valence-corrected chi connectivity index (χ0v) is 16.6. The Labute approximate surface area is 168 Å². The molecule has 138 valence electrons. The average molecular weight is 448 g/mol. The minimum absolute atomic E-state index is 0.259. The Bertz CT molecular complexity index is 929. The van der Waals surface area contributed by atoms with E-state index < -0.39 is 11.9 Å². The van der Waals surface area contributed by atoms with Crippen LogP contribution in [0.3, 0.4) is 0 Å². The Morgan fingerprint density at radius 2 is 1.93 bits per heavy atom. The lowest BCUT2D eigenvalue weighted by atomic mass is 10.2. The van der Waals surface area contributed by atoms with Crippen LogP contribution in [0.25, 0.3) is 6.08 Å². The minimum atomic E-state index is -0.520. The fraction of sp³-hybridized carbons (Fsp3) is 0.105. The van der Waals surface area contributed by atoms with Gasteiger partial charge >= 0.3 is 5.97 Å². The first kappa shape index (κ1) is 19.2. The van der Waals surface area contributed by atoms with Gasteiger partial charge in [0.2, 0.25) is 0 Å². The van der Waals surface area contributed by atoms with Crippen LogP contribution in [0.5, 0.6) is 5.75 Å². The molecule has 27 heavy (non-hydrogen) atoms. The van der Waals surface area contributed by atoms with Crippen LogP contribution < -0.4 is 9.64 Å². The molecule has 1 heterocycles. The summed E-state index contributed by atoms with van der Waals surface area (Å²) >= 11 is 4.22. The number of methoxy groups -OCH3 is 1. The summed E-state index contributed by atoms with van der Waals surface area (Å²) in [7, 11) is 1.27. The van der Waals surface area contributed by atoms with Gasteiger partial charge < -0.3 is 9.47 Å². The van der Waals surface area contributed by atoms with E-state index in [4.69, 9.17) is 4.74 Å². The maximum atomic E-state index is 12.7. The molecule has 0 unspecified atom stereocenters. The summed E-state index contributed by atoms with van der Waals surface area (Å²) in [4.78, 5) is 37.8. The van der Waals surface area contributed by atoms with Gasteiger partial charge in [-0.05, 0) is 48.2 Å². The topological polar surface area (TPSA) is 72.9 Å². The maximum absolute atomic E-state index is 12.7. The largest absolute Gasteiger partial charge is 0.481 e.